The maximum Gasteiger partial charge on any atom is 0.222 e. The smallest absolute Gasteiger partial charge is 0.222 e. The Kier molecular flexibility index (Phi) is 3.53. The first kappa shape index (κ1) is 11.5. The number of carbonyl (C=O) groups excluding carboxylic acids is 1. The van der Waals surface area contributed by atoms with Crippen molar-refractivity contribution in [1.29, 1.82) is 0 Å². The van der Waals surface area contributed by atoms with Gasteiger partial charge in [-0.2, -0.15) is 0 Å². The molecular formula is C11H22N2O. The molecule has 82 valence electrons. The summed E-state index contributed by atoms with van der Waals surface area (Å²) in [4.78, 5) is 11.1. The van der Waals surface area contributed by atoms with E-state index in [9.17, 15) is 4.79 Å². The first-order valence-electron chi connectivity index (χ1n) is 5.43. The zero-order valence-corrected chi connectivity index (χ0v) is 9.47. The first-order valence-corrected chi connectivity index (χ1v) is 5.43. The standard InChI is InChI=1S/C11H22N2O/c1-11(2,3)7-13-9-6-4-5-8(9)10(12)14/h8-9,13H,4-7H2,1-3H3,(H2,12,14). The van der Waals surface area contributed by atoms with Gasteiger partial charge in [-0.25, -0.2) is 0 Å². The van der Waals surface area contributed by atoms with Gasteiger partial charge in [0.1, 0.15) is 0 Å². The van der Waals surface area contributed by atoms with Crippen LogP contribution in [0.25, 0.3) is 0 Å². The van der Waals surface area contributed by atoms with Crippen LogP contribution in [0.15, 0.2) is 0 Å². The summed E-state index contributed by atoms with van der Waals surface area (Å²) in [5, 5.41) is 3.45. The van der Waals surface area contributed by atoms with Crippen LogP contribution in [-0.2, 0) is 4.79 Å². The highest BCUT2D eigenvalue weighted by atomic mass is 16.1. The van der Waals surface area contributed by atoms with Crippen LogP contribution in [0, 0.1) is 11.3 Å². The van der Waals surface area contributed by atoms with Gasteiger partial charge in [0.25, 0.3) is 0 Å². The Labute approximate surface area is 86.4 Å². The van der Waals surface area contributed by atoms with Crippen LogP contribution in [0.4, 0.5) is 0 Å². The lowest BCUT2D eigenvalue weighted by atomic mass is 9.95. The minimum Gasteiger partial charge on any atom is -0.369 e. The molecule has 1 rings (SSSR count). The van der Waals surface area contributed by atoms with Gasteiger partial charge in [0.15, 0.2) is 0 Å². The maximum absolute atomic E-state index is 11.1. The molecule has 3 nitrogen and oxygen atoms in total. The fourth-order valence-electron chi connectivity index (χ4n) is 1.98. The Balaban J connectivity index is 2.40. The summed E-state index contributed by atoms with van der Waals surface area (Å²) < 4.78 is 0. The third-order valence-electron chi connectivity index (χ3n) is 2.78. The summed E-state index contributed by atoms with van der Waals surface area (Å²) in [6, 6.07) is 0.312. The molecule has 0 aliphatic heterocycles. The molecule has 1 saturated carbocycles. The molecule has 2 unspecified atom stereocenters. The SMILES string of the molecule is CC(C)(C)CNC1CCCC1C(N)=O. The van der Waals surface area contributed by atoms with Crippen LogP contribution in [0.1, 0.15) is 40.0 Å². The molecule has 1 amide bonds. The average molecular weight is 198 g/mol. The van der Waals surface area contributed by atoms with E-state index >= 15 is 0 Å². The molecular weight excluding hydrogens is 176 g/mol. The molecule has 0 heterocycles. The Morgan fingerprint density at radius 3 is 2.57 bits per heavy atom. The highest BCUT2D eigenvalue weighted by Crippen LogP contribution is 2.26. The van der Waals surface area contributed by atoms with Crippen LogP contribution in [0.5, 0.6) is 0 Å². The van der Waals surface area contributed by atoms with Gasteiger partial charge < -0.3 is 11.1 Å². The summed E-state index contributed by atoms with van der Waals surface area (Å²) in [6.45, 7) is 7.51. The molecule has 0 spiro atoms. The molecule has 2 atom stereocenters. The quantitative estimate of drug-likeness (QED) is 0.717. The highest BCUT2D eigenvalue weighted by molar-refractivity contribution is 5.77. The van der Waals surface area contributed by atoms with Gasteiger partial charge >= 0.3 is 0 Å². The molecule has 14 heavy (non-hydrogen) atoms. The molecule has 0 saturated heterocycles. The summed E-state index contributed by atoms with van der Waals surface area (Å²) in [5.74, 6) is -0.0914. The molecule has 0 aromatic heterocycles. The van der Waals surface area contributed by atoms with Crippen molar-refractivity contribution < 1.29 is 4.79 Å². The van der Waals surface area contributed by atoms with Crippen LogP contribution < -0.4 is 11.1 Å². The number of amides is 1. The van der Waals surface area contributed by atoms with Gasteiger partial charge in [-0.3, -0.25) is 4.79 Å². The molecule has 3 heteroatoms. The lowest BCUT2D eigenvalue weighted by Crippen LogP contribution is -2.42. The van der Waals surface area contributed by atoms with E-state index in [0.29, 0.717) is 6.04 Å². The van der Waals surface area contributed by atoms with Gasteiger partial charge in [0.2, 0.25) is 5.91 Å². The summed E-state index contributed by atoms with van der Waals surface area (Å²) in [7, 11) is 0. The van der Waals surface area contributed by atoms with Crippen LogP contribution >= 0.6 is 0 Å². The third kappa shape index (κ3) is 3.29. The number of primary amides is 1. The monoisotopic (exact) mass is 198 g/mol. The molecule has 1 aliphatic carbocycles. The van der Waals surface area contributed by atoms with E-state index in [2.05, 4.69) is 26.1 Å². The Bertz CT molecular complexity index is 208. The molecule has 0 radical (unpaired) electrons. The van der Waals surface area contributed by atoms with Crippen molar-refractivity contribution >= 4 is 5.91 Å². The second-order valence-electron chi connectivity index (χ2n) is 5.49. The van der Waals surface area contributed by atoms with Crippen LogP contribution in [0.3, 0.4) is 0 Å². The fourth-order valence-corrected chi connectivity index (χ4v) is 1.98. The van der Waals surface area contributed by atoms with E-state index in [0.717, 1.165) is 25.8 Å². The zero-order chi connectivity index (χ0) is 10.8. The molecule has 1 aliphatic rings. The third-order valence-corrected chi connectivity index (χ3v) is 2.78. The van der Waals surface area contributed by atoms with E-state index < -0.39 is 0 Å². The molecule has 0 aromatic carbocycles. The van der Waals surface area contributed by atoms with Crippen molar-refractivity contribution in [3.63, 3.8) is 0 Å². The van der Waals surface area contributed by atoms with E-state index in [1.165, 1.54) is 0 Å². The van der Waals surface area contributed by atoms with E-state index in [1.807, 2.05) is 0 Å². The predicted molar refractivity (Wildman–Crippen MR) is 57.8 cm³/mol. The lowest BCUT2D eigenvalue weighted by molar-refractivity contribution is -0.122. The minimum absolute atomic E-state index is 0.0531. The number of carbonyl (C=O) groups is 1. The van der Waals surface area contributed by atoms with E-state index in [-0.39, 0.29) is 17.2 Å². The number of nitrogens with two attached hydrogens (primary N) is 1. The Morgan fingerprint density at radius 2 is 2.07 bits per heavy atom. The zero-order valence-electron chi connectivity index (χ0n) is 9.47. The lowest BCUT2D eigenvalue weighted by Gasteiger charge is -2.24. The fraction of sp³-hybridized carbons (Fsp3) is 0.909. The summed E-state index contributed by atoms with van der Waals surface area (Å²) in [6.07, 6.45) is 3.16. The average Bonchev–Trinajstić information content (AvgIpc) is 2.46. The normalized spacial score (nSPS) is 27.9. The Hall–Kier alpha value is -0.570. The van der Waals surface area contributed by atoms with Crippen molar-refractivity contribution in [2.45, 2.75) is 46.1 Å². The van der Waals surface area contributed by atoms with Crippen LogP contribution in [-0.4, -0.2) is 18.5 Å². The topological polar surface area (TPSA) is 55.1 Å². The maximum atomic E-state index is 11.1. The van der Waals surface area contributed by atoms with Gasteiger partial charge in [-0.05, 0) is 18.3 Å². The van der Waals surface area contributed by atoms with Crippen LogP contribution in [0.2, 0.25) is 0 Å². The molecule has 1 fully saturated rings. The number of rotatable bonds is 3. The molecule has 3 N–H and O–H groups in total. The Morgan fingerprint density at radius 1 is 1.43 bits per heavy atom. The minimum atomic E-state index is -0.145. The van der Waals surface area contributed by atoms with Crippen molar-refractivity contribution in [1.82, 2.24) is 5.32 Å². The largest absolute Gasteiger partial charge is 0.369 e. The van der Waals surface area contributed by atoms with E-state index in [4.69, 9.17) is 5.73 Å². The number of hydrogen-bond donors (Lipinski definition) is 2. The van der Waals surface area contributed by atoms with Gasteiger partial charge in [-0.15, -0.1) is 0 Å². The summed E-state index contributed by atoms with van der Waals surface area (Å²) in [5.41, 5.74) is 5.62. The van der Waals surface area contributed by atoms with Gasteiger partial charge in [-0.1, -0.05) is 27.2 Å². The first-order chi connectivity index (χ1) is 6.40. The van der Waals surface area contributed by atoms with Gasteiger partial charge in [0.05, 0.1) is 5.92 Å². The predicted octanol–water partition coefficient (Wildman–Crippen LogP) is 1.28. The van der Waals surface area contributed by atoms with E-state index in [1.54, 1.807) is 0 Å². The van der Waals surface area contributed by atoms with Crippen molar-refractivity contribution in [3.05, 3.63) is 0 Å². The second-order valence-corrected chi connectivity index (χ2v) is 5.49. The highest BCUT2D eigenvalue weighted by Gasteiger charge is 2.31. The number of hydrogen-bond acceptors (Lipinski definition) is 2. The molecule has 0 aromatic rings. The van der Waals surface area contributed by atoms with Crippen molar-refractivity contribution in [3.8, 4) is 0 Å². The summed E-state index contributed by atoms with van der Waals surface area (Å²) >= 11 is 0. The van der Waals surface area contributed by atoms with Crippen molar-refractivity contribution in [2.75, 3.05) is 6.54 Å². The van der Waals surface area contributed by atoms with Gasteiger partial charge in [0, 0.05) is 12.6 Å². The van der Waals surface area contributed by atoms with Crippen molar-refractivity contribution in [2.24, 2.45) is 17.1 Å². The number of nitrogens with one attached hydrogen (secondary N) is 1. The second kappa shape index (κ2) is 4.30. The molecule has 0 bridgehead atoms.